The fraction of sp³-hybridized carbons (Fsp3) is 0.167. The molecule has 4 heteroatoms. The van der Waals surface area contributed by atoms with Gasteiger partial charge in [0.05, 0.1) is 12.7 Å². The molecule has 1 rings (SSSR count). The van der Waals surface area contributed by atoms with E-state index in [-0.39, 0.29) is 0 Å². The first-order valence-electron chi connectivity index (χ1n) is 2.65. The second-order valence-electron chi connectivity index (χ2n) is 1.72. The third kappa shape index (κ3) is 1.14. The molecular formula is C6H6ClNO2. The van der Waals surface area contributed by atoms with Crippen molar-refractivity contribution in [2.45, 2.75) is 0 Å². The lowest BCUT2D eigenvalue weighted by molar-refractivity contribution is 0.112. The van der Waals surface area contributed by atoms with Crippen molar-refractivity contribution in [2.75, 3.05) is 7.11 Å². The van der Waals surface area contributed by atoms with Gasteiger partial charge in [-0.3, -0.25) is 4.79 Å². The Morgan fingerprint density at radius 3 is 2.80 bits per heavy atom. The van der Waals surface area contributed by atoms with Gasteiger partial charge in [0, 0.05) is 6.07 Å². The van der Waals surface area contributed by atoms with Crippen molar-refractivity contribution < 1.29 is 9.53 Å². The molecule has 0 radical (unpaired) electrons. The molecule has 1 aromatic heterocycles. The minimum atomic E-state index is 0.312. The summed E-state index contributed by atoms with van der Waals surface area (Å²) in [6.07, 6.45) is 0.668. The SMILES string of the molecule is COc1cc(C=O)c(Cl)[nH]1. The summed E-state index contributed by atoms with van der Waals surface area (Å²) in [4.78, 5) is 12.9. The standard InChI is InChI=1S/C6H6ClNO2/c1-10-5-2-4(3-9)6(7)8-5/h2-3,8H,1H3. The number of halogens is 1. The normalized spacial score (nSPS) is 9.40. The Morgan fingerprint density at radius 1 is 1.80 bits per heavy atom. The second-order valence-corrected chi connectivity index (χ2v) is 2.10. The van der Waals surface area contributed by atoms with Crippen LogP contribution < -0.4 is 4.74 Å². The number of nitrogens with one attached hydrogen (secondary N) is 1. The monoisotopic (exact) mass is 159 g/mol. The number of hydrogen-bond donors (Lipinski definition) is 1. The predicted molar refractivity (Wildman–Crippen MR) is 37.7 cm³/mol. The van der Waals surface area contributed by atoms with E-state index in [4.69, 9.17) is 16.3 Å². The average molecular weight is 160 g/mol. The zero-order valence-corrected chi connectivity index (χ0v) is 6.11. The van der Waals surface area contributed by atoms with Crippen molar-refractivity contribution in [1.29, 1.82) is 0 Å². The molecule has 0 bridgehead atoms. The van der Waals surface area contributed by atoms with Crippen LogP contribution in [0.15, 0.2) is 6.07 Å². The Balaban J connectivity index is 3.03. The van der Waals surface area contributed by atoms with Crippen molar-refractivity contribution >= 4 is 17.9 Å². The van der Waals surface area contributed by atoms with E-state index < -0.39 is 0 Å². The number of rotatable bonds is 2. The number of H-pyrrole nitrogens is 1. The van der Waals surface area contributed by atoms with Crippen LogP contribution in [-0.4, -0.2) is 18.4 Å². The van der Waals surface area contributed by atoms with E-state index in [0.717, 1.165) is 0 Å². The molecular weight excluding hydrogens is 154 g/mol. The molecule has 10 heavy (non-hydrogen) atoms. The van der Waals surface area contributed by atoms with E-state index in [1.165, 1.54) is 13.2 Å². The van der Waals surface area contributed by atoms with Crippen LogP contribution in [0.1, 0.15) is 10.4 Å². The van der Waals surface area contributed by atoms with E-state index in [9.17, 15) is 4.79 Å². The van der Waals surface area contributed by atoms with Gasteiger partial charge in [0.25, 0.3) is 0 Å². The summed E-state index contributed by atoms with van der Waals surface area (Å²) in [7, 11) is 1.50. The van der Waals surface area contributed by atoms with E-state index in [0.29, 0.717) is 22.9 Å². The maximum Gasteiger partial charge on any atom is 0.192 e. The molecule has 0 aromatic carbocycles. The zero-order chi connectivity index (χ0) is 7.56. The van der Waals surface area contributed by atoms with Crippen LogP contribution in [0.5, 0.6) is 5.88 Å². The Labute approximate surface area is 62.9 Å². The zero-order valence-electron chi connectivity index (χ0n) is 5.35. The molecule has 0 aliphatic rings. The topological polar surface area (TPSA) is 42.1 Å². The van der Waals surface area contributed by atoms with Crippen molar-refractivity contribution in [3.05, 3.63) is 16.8 Å². The molecule has 0 saturated heterocycles. The largest absolute Gasteiger partial charge is 0.482 e. The van der Waals surface area contributed by atoms with Crippen LogP contribution in [-0.2, 0) is 0 Å². The quantitative estimate of drug-likeness (QED) is 0.665. The number of ether oxygens (including phenoxy) is 1. The van der Waals surface area contributed by atoms with Crippen molar-refractivity contribution in [2.24, 2.45) is 0 Å². The smallest absolute Gasteiger partial charge is 0.192 e. The minimum absolute atomic E-state index is 0.312. The van der Waals surface area contributed by atoms with Gasteiger partial charge in [-0.25, -0.2) is 0 Å². The highest BCUT2D eigenvalue weighted by atomic mass is 35.5. The molecule has 0 unspecified atom stereocenters. The Kier molecular flexibility index (Phi) is 1.97. The average Bonchev–Trinajstić information content (AvgIpc) is 2.30. The number of aromatic nitrogens is 1. The van der Waals surface area contributed by atoms with Gasteiger partial charge >= 0.3 is 0 Å². The van der Waals surface area contributed by atoms with Gasteiger partial charge in [0.1, 0.15) is 5.15 Å². The molecule has 3 nitrogen and oxygen atoms in total. The van der Waals surface area contributed by atoms with Crippen LogP contribution in [0.3, 0.4) is 0 Å². The molecule has 1 heterocycles. The Bertz CT molecular complexity index is 244. The van der Waals surface area contributed by atoms with Crippen LogP contribution in [0.2, 0.25) is 5.15 Å². The first kappa shape index (κ1) is 7.15. The van der Waals surface area contributed by atoms with Gasteiger partial charge in [-0.1, -0.05) is 11.6 Å². The van der Waals surface area contributed by atoms with E-state index in [1.807, 2.05) is 0 Å². The predicted octanol–water partition coefficient (Wildman–Crippen LogP) is 1.49. The summed E-state index contributed by atoms with van der Waals surface area (Å²) in [5, 5.41) is 0.312. The molecule has 0 fully saturated rings. The fourth-order valence-corrected chi connectivity index (χ4v) is 0.809. The fourth-order valence-electron chi connectivity index (χ4n) is 0.617. The third-order valence-corrected chi connectivity index (χ3v) is 1.43. The highest BCUT2D eigenvalue weighted by Gasteiger charge is 2.03. The van der Waals surface area contributed by atoms with Crippen molar-refractivity contribution in [1.82, 2.24) is 4.98 Å². The lowest BCUT2D eigenvalue weighted by atomic mass is 10.4. The first-order valence-corrected chi connectivity index (χ1v) is 3.03. The van der Waals surface area contributed by atoms with Gasteiger partial charge in [-0.2, -0.15) is 0 Å². The Hall–Kier alpha value is -0.960. The van der Waals surface area contributed by atoms with E-state index >= 15 is 0 Å². The molecule has 0 aliphatic carbocycles. The van der Waals surface area contributed by atoms with E-state index in [2.05, 4.69) is 4.98 Å². The number of methoxy groups -OCH3 is 1. The van der Waals surface area contributed by atoms with Crippen LogP contribution in [0.25, 0.3) is 0 Å². The summed E-state index contributed by atoms with van der Waals surface area (Å²) >= 11 is 5.56. The van der Waals surface area contributed by atoms with Crippen molar-refractivity contribution in [3.63, 3.8) is 0 Å². The number of hydrogen-bond acceptors (Lipinski definition) is 2. The van der Waals surface area contributed by atoms with Gasteiger partial charge < -0.3 is 9.72 Å². The number of carbonyl (C=O) groups is 1. The van der Waals surface area contributed by atoms with Crippen LogP contribution in [0.4, 0.5) is 0 Å². The molecule has 0 spiro atoms. The molecule has 0 aliphatic heterocycles. The lowest BCUT2D eigenvalue weighted by Gasteiger charge is -1.88. The maximum atomic E-state index is 10.2. The maximum absolute atomic E-state index is 10.2. The minimum Gasteiger partial charge on any atom is -0.482 e. The highest BCUT2D eigenvalue weighted by Crippen LogP contribution is 2.18. The summed E-state index contributed by atoms with van der Waals surface area (Å²) in [6.45, 7) is 0. The van der Waals surface area contributed by atoms with Gasteiger partial charge in [0.15, 0.2) is 12.2 Å². The molecule has 0 amide bonds. The van der Waals surface area contributed by atoms with Gasteiger partial charge in [0.2, 0.25) is 0 Å². The number of carbonyl (C=O) groups excluding carboxylic acids is 1. The number of aromatic amines is 1. The molecule has 0 atom stereocenters. The van der Waals surface area contributed by atoms with Gasteiger partial charge in [-0.05, 0) is 0 Å². The van der Waals surface area contributed by atoms with Crippen LogP contribution in [0, 0.1) is 0 Å². The summed E-state index contributed by atoms with van der Waals surface area (Å²) in [6, 6.07) is 1.54. The second kappa shape index (κ2) is 2.75. The summed E-state index contributed by atoms with van der Waals surface area (Å²) < 4.78 is 4.78. The summed E-state index contributed by atoms with van der Waals surface area (Å²) in [5.74, 6) is 0.493. The molecule has 0 saturated carbocycles. The lowest BCUT2D eigenvalue weighted by Crippen LogP contribution is -1.79. The first-order chi connectivity index (χ1) is 4.77. The molecule has 54 valence electrons. The molecule has 1 aromatic rings. The van der Waals surface area contributed by atoms with E-state index in [1.54, 1.807) is 0 Å². The number of aldehydes is 1. The van der Waals surface area contributed by atoms with Gasteiger partial charge in [-0.15, -0.1) is 0 Å². The summed E-state index contributed by atoms with van der Waals surface area (Å²) in [5.41, 5.74) is 0.415. The third-order valence-electron chi connectivity index (χ3n) is 1.12. The van der Waals surface area contributed by atoms with Crippen LogP contribution >= 0.6 is 11.6 Å². The molecule has 1 N–H and O–H groups in total. The van der Waals surface area contributed by atoms with Crippen molar-refractivity contribution in [3.8, 4) is 5.88 Å². The highest BCUT2D eigenvalue weighted by molar-refractivity contribution is 6.32. The Morgan fingerprint density at radius 2 is 2.50 bits per heavy atom.